The minimum Gasteiger partial charge on any atom is -0.506 e. The van der Waals surface area contributed by atoms with Gasteiger partial charge in [0.05, 0.1) is 23.2 Å². The van der Waals surface area contributed by atoms with Crippen molar-refractivity contribution in [2.45, 2.75) is 0 Å². The Bertz CT molecular complexity index is 816. The summed E-state index contributed by atoms with van der Waals surface area (Å²) in [7, 11) is 3.03. The van der Waals surface area contributed by atoms with Gasteiger partial charge in [-0.25, -0.2) is 0 Å². The lowest BCUT2D eigenvalue weighted by Crippen LogP contribution is -1.89. The Kier molecular flexibility index (Phi) is 6.88. The number of allylic oxidation sites excluding steroid dienone is 2. The summed E-state index contributed by atoms with van der Waals surface area (Å²) in [6.45, 7) is 0. The Hall–Kier alpha value is -2.25. The Morgan fingerprint density at radius 2 is 1.23 bits per heavy atom. The van der Waals surface area contributed by atoms with Crippen molar-refractivity contribution in [3.8, 4) is 23.0 Å². The van der Waals surface area contributed by atoms with E-state index in [9.17, 15) is 15.0 Å². The molecule has 2 aromatic rings. The molecule has 136 valence electrons. The number of hydrogen-bond acceptors (Lipinski definition) is 5. The number of carbonyl (C=O) groups is 1. The zero-order valence-corrected chi connectivity index (χ0v) is 17.2. The second-order valence-electron chi connectivity index (χ2n) is 5.16. The molecule has 0 aromatic heterocycles. The van der Waals surface area contributed by atoms with Crippen molar-refractivity contribution in [3.63, 3.8) is 0 Å². The van der Waals surface area contributed by atoms with E-state index in [0.717, 1.165) is 0 Å². The molecule has 0 amide bonds. The molecule has 7 heteroatoms. The van der Waals surface area contributed by atoms with Crippen molar-refractivity contribution in [2.24, 2.45) is 0 Å². The van der Waals surface area contributed by atoms with Gasteiger partial charge in [-0.05, 0) is 80.4 Å². The molecule has 0 fully saturated rings. The normalized spacial score (nSPS) is 11.2. The van der Waals surface area contributed by atoms with Crippen LogP contribution in [0.15, 0.2) is 45.4 Å². The lowest BCUT2D eigenvalue weighted by molar-refractivity contribution is -0.110. The number of methoxy groups -OCH3 is 2. The maximum Gasteiger partial charge on any atom is 0.178 e. The minimum absolute atomic E-state index is 0.00759. The number of hydrogen-bond donors (Lipinski definition) is 2. The highest BCUT2D eigenvalue weighted by Crippen LogP contribution is 2.34. The van der Waals surface area contributed by atoms with Crippen LogP contribution in [0.4, 0.5) is 0 Å². The molecule has 0 atom stereocenters. The first-order valence-corrected chi connectivity index (χ1v) is 8.97. The number of phenols is 2. The molecular weight excluding hydrogens is 468 g/mol. The van der Waals surface area contributed by atoms with Gasteiger partial charge < -0.3 is 19.7 Å². The summed E-state index contributed by atoms with van der Waals surface area (Å²) in [6.07, 6.45) is 5.58. The van der Waals surface area contributed by atoms with E-state index in [-0.39, 0.29) is 17.3 Å². The molecule has 0 saturated heterocycles. The molecule has 26 heavy (non-hydrogen) atoms. The van der Waals surface area contributed by atoms with Crippen LogP contribution in [0.1, 0.15) is 11.1 Å². The van der Waals surface area contributed by atoms with E-state index < -0.39 is 0 Å². The summed E-state index contributed by atoms with van der Waals surface area (Å²) in [5.74, 6) is 0.787. The van der Waals surface area contributed by atoms with Crippen LogP contribution < -0.4 is 9.47 Å². The van der Waals surface area contributed by atoms with E-state index >= 15 is 0 Å². The number of ketones is 1. The average Bonchev–Trinajstić information content (AvgIpc) is 2.63. The summed E-state index contributed by atoms with van der Waals surface area (Å²) < 4.78 is 11.2. The van der Waals surface area contributed by atoms with E-state index in [4.69, 9.17) is 9.47 Å². The predicted octanol–water partition coefficient (Wildman–Crippen LogP) is 4.94. The number of halogens is 2. The summed E-state index contributed by atoms with van der Waals surface area (Å²) in [5.41, 5.74) is 0.870. The molecule has 0 radical (unpaired) electrons. The van der Waals surface area contributed by atoms with Crippen LogP contribution in [-0.4, -0.2) is 30.2 Å². The number of ether oxygens (including phenoxy) is 2. The van der Waals surface area contributed by atoms with Crippen LogP contribution in [0, 0.1) is 0 Å². The Balaban J connectivity index is 2.22. The van der Waals surface area contributed by atoms with Gasteiger partial charge in [-0.3, -0.25) is 4.79 Å². The van der Waals surface area contributed by atoms with Gasteiger partial charge in [-0.2, -0.15) is 0 Å². The minimum atomic E-state index is -0.318. The smallest absolute Gasteiger partial charge is 0.178 e. The van der Waals surface area contributed by atoms with E-state index in [1.165, 1.54) is 38.5 Å². The third-order valence-electron chi connectivity index (χ3n) is 3.46. The van der Waals surface area contributed by atoms with Crippen molar-refractivity contribution in [1.29, 1.82) is 0 Å². The van der Waals surface area contributed by atoms with Crippen LogP contribution in [0.5, 0.6) is 23.0 Å². The third kappa shape index (κ3) is 4.89. The summed E-state index contributed by atoms with van der Waals surface area (Å²) in [4.78, 5) is 12.1. The van der Waals surface area contributed by atoms with Gasteiger partial charge in [0.15, 0.2) is 5.78 Å². The molecule has 0 saturated carbocycles. The van der Waals surface area contributed by atoms with E-state index in [2.05, 4.69) is 31.9 Å². The SMILES string of the molecule is COc1cc(Br)c(O)c(/C=C/C(=O)/C=C/c2cc(OC)cc(Br)c2O)c1. The highest BCUT2D eigenvalue weighted by molar-refractivity contribution is 9.10. The van der Waals surface area contributed by atoms with Crippen molar-refractivity contribution in [2.75, 3.05) is 14.2 Å². The number of benzene rings is 2. The van der Waals surface area contributed by atoms with E-state index in [1.807, 2.05) is 0 Å². The largest absolute Gasteiger partial charge is 0.506 e. The van der Waals surface area contributed by atoms with E-state index in [0.29, 0.717) is 31.6 Å². The summed E-state index contributed by atoms with van der Waals surface area (Å²) in [6, 6.07) is 6.47. The van der Waals surface area contributed by atoms with Gasteiger partial charge in [0, 0.05) is 11.1 Å². The maximum absolute atomic E-state index is 12.1. The fourth-order valence-corrected chi connectivity index (χ4v) is 2.99. The third-order valence-corrected chi connectivity index (χ3v) is 4.67. The van der Waals surface area contributed by atoms with Gasteiger partial charge in [0.1, 0.15) is 23.0 Å². The zero-order valence-electron chi connectivity index (χ0n) is 14.0. The van der Waals surface area contributed by atoms with Gasteiger partial charge in [-0.1, -0.05) is 0 Å². The van der Waals surface area contributed by atoms with Crippen molar-refractivity contribution in [3.05, 3.63) is 56.5 Å². The molecule has 0 aliphatic rings. The Labute approximate surface area is 167 Å². The number of rotatable bonds is 6. The molecule has 0 aliphatic heterocycles. The second-order valence-corrected chi connectivity index (χ2v) is 6.87. The number of carbonyl (C=O) groups excluding carboxylic acids is 1. The van der Waals surface area contributed by atoms with Crippen LogP contribution >= 0.6 is 31.9 Å². The molecule has 2 rings (SSSR count). The lowest BCUT2D eigenvalue weighted by Gasteiger charge is -2.06. The van der Waals surface area contributed by atoms with Gasteiger partial charge in [0.2, 0.25) is 0 Å². The molecule has 2 N–H and O–H groups in total. The van der Waals surface area contributed by atoms with Crippen LogP contribution in [0.25, 0.3) is 12.2 Å². The standard InChI is InChI=1S/C19H16Br2O5/c1-25-14-7-11(18(23)16(20)9-14)3-5-13(22)6-4-12-8-15(26-2)10-17(21)19(12)24/h3-10,23-24H,1-2H3/b5-3+,6-4+. The van der Waals surface area contributed by atoms with Crippen LogP contribution in [-0.2, 0) is 4.79 Å². The van der Waals surface area contributed by atoms with Crippen molar-refractivity contribution < 1.29 is 24.5 Å². The lowest BCUT2D eigenvalue weighted by atomic mass is 10.1. The maximum atomic E-state index is 12.1. The molecule has 0 spiro atoms. The average molecular weight is 484 g/mol. The molecule has 0 aliphatic carbocycles. The Morgan fingerprint density at radius 1 is 0.846 bits per heavy atom. The highest BCUT2D eigenvalue weighted by atomic mass is 79.9. The molecular formula is C19H16Br2O5. The van der Waals surface area contributed by atoms with Crippen molar-refractivity contribution in [1.82, 2.24) is 0 Å². The zero-order chi connectivity index (χ0) is 19.3. The predicted molar refractivity (Wildman–Crippen MR) is 108 cm³/mol. The molecule has 0 bridgehead atoms. The fourth-order valence-electron chi connectivity index (χ4n) is 2.08. The Morgan fingerprint density at radius 3 is 1.58 bits per heavy atom. The summed E-state index contributed by atoms with van der Waals surface area (Å²) in [5, 5.41) is 20.1. The first kappa shape index (κ1) is 20.1. The molecule has 0 heterocycles. The quantitative estimate of drug-likeness (QED) is 0.569. The monoisotopic (exact) mass is 482 g/mol. The fraction of sp³-hybridized carbons (Fsp3) is 0.105. The topological polar surface area (TPSA) is 76.0 Å². The molecule has 5 nitrogen and oxygen atoms in total. The molecule has 2 aromatic carbocycles. The number of aromatic hydroxyl groups is 2. The van der Waals surface area contributed by atoms with Crippen molar-refractivity contribution >= 4 is 49.8 Å². The second kappa shape index (κ2) is 8.91. The first-order chi connectivity index (χ1) is 12.3. The first-order valence-electron chi connectivity index (χ1n) is 7.38. The number of phenolic OH excluding ortho intramolecular Hbond substituents is 2. The van der Waals surface area contributed by atoms with Crippen LogP contribution in [0.2, 0.25) is 0 Å². The van der Waals surface area contributed by atoms with Gasteiger partial charge in [0.25, 0.3) is 0 Å². The van der Waals surface area contributed by atoms with Gasteiger partial charge >= 0.3 is 0 Å². The highest BCUT2D eigenvalue weighted by Gasteiger charge is 2.08. The molecule has 0 unspecified atom stereocenters. The van der Waals surface area contributed by atoms with Crippen LogP contribution in [0.3, 0.4) is 0 Å². The van der Waals surface area contributed by atoms with E-state index in [1.54, 1.807) is 24.3 Å². The summed E-state index contributed by atoms with van der Waals surface area (Å²) >= 11 is 6.45. The van der Waals surface area contributed by atoms with Gasteiger partial charge in [-0.15, -0.1) is 0 Å².